The number of hydrogen-bond donors (Lipinski definition) is 2. The molecule has 140 valence electrons. The van der Waals surface area contributed by atoms with Gasteiger partial charge in [0.1, 0.15) is 0 Å². The molecule has 5 nitrogen and oxygen atoms in total. The van der Waals surface area contributed by atoms with E-state index in [2.05, 4.69) is 20.6 Å². The van der Waals surface area contributed by atoms with E-state index in [1.165, 1.54) is 0 Å². The number of ether oxygens (including phenoxy) is 1. The third kappa shape index (κ3) is 9.62. The van der Waals surface area contributed by atoms with Crippen molar-refractivity contribution in [2.75, 3.05) is 33.4 Å². The van der Waals surface area contributed by atoms with Crippen molar-refractivity contribution in [3.63, 3.8) is 0 Å². The van der Waals surface area contributed by atoms with Crippen molar-refractivity contribution in [3.05, 3.63) is 16.1 Å². The summed E-state index contributed by atoms with van der Waals surface area (Å²) in [5, 5.41) is 7.71. The number of aliphatic imine (C=N–C) groups is 1. The molecule has 0 saturated carbocycles. The summed E-state index contributed by atoms with van der Waals surface area (Å²) in [4.78, 5) is 7.65. The van der Waals surface area contributed by atoms with Crippen molar-refractivity contribution in [1.82, 2.24) is 15.6 Å². The Morgan fingerprint density at radius 1 is 1.29 bits per heavy atom. The van der Waals surface area contributed by atoms with E-state index in [0.29, 0.717) is 23.9 Å². The summed E-state index contributed by atoms with van der Waals surface area (Å²) < 4.78 is 42.6. The molecule has 1 aromatic rings. The standard InChI is InChI=1S/C14H23F3N4OS.HI/c1-3-22-9-5-4-7-19-13(18-2)20-8-6-12-21-11(10-23-12)14(15,16)17;/h10H,3-9H2,1-2H3,(H2,18,19,20);1H. The molecule has 0 atom stereocenters. The fourth-order valence-electron chi connectivity index (χ4n) is 1.74. The lowest BCUT2D eigenvalue weighted by molar-refractivity contribution is -0.140. The first-order valence-corrected chi connectivity index (χ1v) is 8.39. The molecule has 0 saturated heterocycles. The van der Waals surface area contributed by atoms with Gasteiger partial charge in [0.15, 0.2) is 11.7 Å². The van der Waals surface area contributed by atoms with Gasteiger partial charge in [0, 0.05) is 45.2 Å². The number of unbranched alkanes of at least 4 members (excludes halogenated alkanes) is 1. The van der Waals surface area contributed by atoms with E-state index >= 15 is 0 Å². The molecule has 0 spiro atoms. The first-order chi connectivity index (χ1) is 11.0. The van der Waals surface area contributed by atoms with Crippen LogP contribution in [0, 0.1) is 0 Å². The molecular weight excluding hydrogens is 456 g/mol. The highest BCUT2D eigenvalue weighted by Gasteiger charge is 2.33. The minimum Gasteiger partial charge on any atom is -0.382 e. The molecule has 1 rings (SSSR count). The molecule has 0 aliphatic heterocycles. The van der Waals surface area contributed by atoms with Crippen LogP contribution in [-0.2, 0) is 17.3 Å². The van der Waals surface area contributed by atoms with Crippen LogP contribution in [0.1, 0.15) is 30.5 Å². The zero-order chi connectivity index (χ0) is 17.1. The SMILES string of the molecule is CCOCCCCNC(=NC)NCCc1nc(C(F)(F)F)cs1.I. The fraction of sp³-hybridized carbons (Fsp3) is 0.714. The molecule has 0 amide bonds. The number of halogens is 4. The summed E-state index contributed by atoms with van der Waals surface area (Å²) in [7, 11) is 1.65. The summed E-state index contributed by atoms with van der Waals surface area (Å²) in [6, 6.07) is 0. The van der Waals surface area contributed by atoms with Crippen LogP contribution in [0.25, 0.3) is 0 Å². The van der Waals surface area contributed by atoms with Gasteiger partial charge in [-0.1, -0.05) is 0 Å². The number of nitrogens with zero attached hydrogens (tertiary/aromatic N) is 2. The maximum atomic E-state index is 12.4. The van der Waals surface area contributed by atoms with Crippen molar-refractivity contribution < 1.29 is 17.9 Å². The Balaban J connectivity index is 0.00000529. The molecule has 24 heavy (non-hydrogen) atoms. The highest BCUT2D eigenvalue weighted by atomic mass is 127. The highest BCUT2D eigenvalue weighted by Crippen LogP contribution is 2.29. The zero-order valence-corrected chi connectivity index (χ0v) is 16.9. The second kappa shape index (κ2) is 12.7. The number of alkyl halides is 3. The van der Waals surface area contributed by atoms with Gasteiger partial charge >= 0.3 is 6.18 Å². The first-order valence-electron chi connectivity index (χ1n) is 7.51. The molecule has 0 aliphatic rings. The van der Waals surface area contributed by atoms with E-state index in [-0.39, 0.29) is 24.0 Å². The Morgan fingerprint density at radius 3 is 2.58 bits per heavy atom. The van der Waals surface area contributed by atoms with Crippen LogP contribution in [0.5, 0.6) is 0 Å². The van der Waals surface area contributed by atoms with E-state index in [0.717, 1.165) is 49.3 Å². The smallest absolute Gasteiger partial charge is 0.382 e. The molecule has 0 bridgehead atoms. The minimum absolute atomic E-state index is 0. The Kier molecular flexibility index (Phi) is 12.4. The van der Waals surface area contributed by atoms with Gasteiger partial charge in [0.2, 0.25) is 0 Å². The topological polar surface area (TPSA) is 58.5 Å². The van der Waals surface area contributed by atoms with Crippen LogP contribution in [0.15, 0.2) is 10.4 Å². The van der Waals surface area contributed by atoms with Gasteiger partial charge in [0.25, 0.3) is 0 Å². The number of rotatable bonds is 9. The molecule has 10 heteroatoms. The molecule has 1 heterocycles. The third-order valence-electron chi connectivity index (χ3n) is 2.91. The van der Waals surface area contributed by atoms with Gasteiger partial charge < -0.3 is 15.4 Å². The van der Waals surface area contributed by atoms with Gasteiger partial charge in [-0.05, 0) is 19.8 Å². The normalized spacial score (nSPS) is 12.0. The molecular formula is C14H24F3IN4OS. The predicted octanol–water partition coefficient (Wildman–Crippen LogP) is 3.30. The van der Waals surface area contributed by atoms with Gasteiger partial charge in [0.05, 0.1) is 5.01 Å². The number of guanidine groups is 1. The number of nitrogens with one attached hydrogen (secondary N) is 2. The molecule has 0 unspecified atom stereocenters. The lowest BCUT2D eigenvalue weighted by Gasteiger charge is -2.11. The minimum atomic E-state index is -4.37. The van der Waals surface area contributed by atoms with E-state index in [1.807, 2.05) is 6.92 Å². The van der Waals surface area contributed by atoms with Crippen LogP contribution in [0.4, 0.5) is 13.2 Å². The second-order valence-corrected chi connectivity index (χ2v) is 5.65. The maximum absolute atomic E-state index is 12.4. The van der Waals surface area contributed by atoms with Gasteiger partial charge in [-0.2, -0.15) is 13.2 Å². The van der Waals surface area contributed by atoms with E-state index in [9.17, 15) is 13.2 Å². The Labute approximate surface area is 161 Å². The Morgan fingerprint density at radius 2 is 2.00 bits per heavy atom. The molecule has 1 aromatic heterocycles. The lowest BCUT2D eigenvalue weighted by Crippen LogP contribution is -2.38. The fourth-order valence-corrected chi connectivity index (χ4v) is 2.55. The monoisotopic (exact) mass is 480 g/mol. The van der Waals surface area contributed by atoms with Crippen molar-refractivity contribution in [1.29, 1.82) is 0 Å². The summed E-state index contributed by atoms with van der Waals surface area (Å²) in [5.74, 6) is 0.633. The van der Waals surface area contributed by atoms with Crippen molar-refractivity contribution in [2.24, 2.45) is 4.99 Å². The summed E-state index contributed by atoms with van der Waals surface area (Å²) in [6.45, 7) is 4.68. The van der Waals surface area contributed by atoms with E-state index in [4.69, 9.17) is 4.74 Å². The van der Waals surface area contributed by atoms with Gasteiger partial charge in [-0.15, -0.1) is 35.3 Å². The van der Waals surface area contributed by atoms with Crippen molar-refractivity contribution in [2.45, 2.75) is 32.4 Å². The van der Waals surface area contributed by atoms with Crippen LogP contribution in [0.3, 0.4) is 0 Å². The molecule has 0 aliphatic carbocycles. The number of thiazole rings is 1. The van der Waals surface area contributed by atoms with Gasteiger partial charge in [-0.25, -0.2) is 4.98 Å². The zero-order valence-electron chi connectivity index (χ0n) is 13.8. The van der Waals surface area contributed by atoms with Crippen LogP contribution < -0.4 is 10.6 Å². The third-order valence-corrected chi connectivity index (χ3v) is 3.82. The summed E-state index contributed by atoms with van der Waals surface area (Å²) in [5.41, 5.74) is -0.825. The summed E-state index contributed by atoms with van der Waals surface area (Å²) >= 11 is 1.02. The largest absolute Gasteiger partial charge is 0.434 e. The van der Waals surface area contributed by atoms with E-state index < -0.39 is 11.9 Å². The molecule has 0 fully saturated rings. The molecule has 0 aromatic carbocycles. The Bertz CT molecular complexity index is 483. The van der Waals surface area contributed by atoms with Crippen molar-refractivity contribution in [3.8, 4) is 0 Å². The highest BCUT2D eigenvalue weighted by molar-refractivity contribution is 14.0. The predicted molar refractivity (Wildman–Crippen MR) is 101 cm³/mol. The molecule has 0 radical (unpaired) electrons. The molecule has 2 N–H and O–H groups in total. The van der Waals surface area contributed by atoms with Crippen LogP contribution >= 0.6 is 35.3 Å². The number of hydrogen-bond acceptors (Lipinski definition) is 4. The average Bonchev–Trinajstić information content (AvgIpc) is 2.98. The van der Waals surface area contributed by atoms with Crippen LogP contribution in [-0.4, -0.2) is 44.3 Å². The number of aromatic nitrogens is 1. The Hall–Kier alpha value is -0.620. The van der Waals surface area contributed by atoms with Crippen LogP contribution in [0.2, 0.25) is 0 Å². The van der Waals surface area contributed by atoms with E-state index in [1.54, 1.807) is 7.05 Å². The quantitative estimate of drug-likeness (QED) is 0.247. The second-order valence-electron chi connectivity index (χ2n) is 4.70. The maximum Gasteiger partial charge on any atom is 0.434 e. The lowest BCUT2D eigenvalue weighted by atomic mass is 10.3. The first kappa shape index (κ1) is 23.4. The van der Waals surface area contributed by atoms with Gasteiger partial charge in [-0.3, -0.25) is 4.99 Å². The van der Waals surface area contributed by atoms with Crippen molar-refractivity contribution >= 4 is 41.3 Å². The summed E-state index contributed by atoms with van der Waals surface area (Å²) in [6.07, 6.45) is -2.02. The average molecular weight is 480 g/mol.